The molecule has 0 fully saturated rings. The van der Waals surface area contributed by atoms with Crippen molar-refractivity contribution in [2.75, 3.05) is 26.2 Å². The van der Waals surface area contributed by atoms with Crippen LogP contribution >= 0.6 is 0 Å². The first-order valence-electron chi connectivity index (χ1n) is 9.84. The lowest BCUT2D eigenvalue weighted by atomic mass is 10.0. The number of hydrogen-bond acceptors (Lipinski definition) is 6. The number of rotatable bonds is 13. The smallest absolute Gasteiger partial charge is 0.322 e. The van der Waals surface area contributed by atoms with Gasteiger partial charge in [0.2, 0.25) is 30.0 Å². The van der Waals surface area contributed by atoms with Crippen LogP contribution in [-0.4, -0.2) is 78.3 Å². The van der Waals surface area contributed by atoms with Crippen LogP contribution in [-0.2, 0) is 35.2 Å². The molecule has 1 aromatic heterocycles. The van der Waals surface area contributed by atoms with Crippen LogP contribution < -0.4 is 26.6 Å². The van der Waals surface area contributed by atoms with E-state index in [0.29, 0.717) is 6.41 Å². The Bertz CT molecular complexity index is 1030. The number of carboxylic acid groups (broad SMARTS) is 1. The van der Waals surface area contributed by atoms with Crippen molar-refractivity contribution in [1.29, 1.82) is 0 Å². The van der Waals surface area contributed by atoms with Crippen LogP contribution in [0.25, 0.3) is 10.9 Å². The van der Waals surface area contributed by atoms with E-state index < -0.39 is 55.3 Å². The van der Waals surface area contributed by atoms with Crippen molar-refractivity contribution in [2.45, 2.75) is 12.5 Å². The lowest BCUT2D eigenvalue weighted by Crippen LogP contribution is -2.51. The van der Waals surface area contributed by atoms with Gasteiger partial charge < -0.3 is 36.7 Å². The predicted molar refractivity (Wildman–Crippen MR) is 115 cm³/mol. The van der Waals surface area contributed by atoms with Gasteiger partial charge in [0, 0.05) is 23.5 Å². The first kappa shape index (κ1) is 24.8. The highest BCUT2D eigenvalue weighted by Gasteiger charge is 2.23. The number of fused-ring (bicyclic) bond motifs is 1. The second-order valence-electron chi connectivity index (χ2n) is 6.85. The quantitative estimate of drug-likeness (QED) is 0.159. The molecule has 0 saturated carbocycles. The van der Waals surface area contributed by atoms with Gasteiger partial charge >= 0.3 is 5.97 Å². The molecule has 1 atom stereocenters. The van der Waals surface area contributed by atoms with Crippen molar-refractivity contribution in [2.24, 2.45) is 0 Å². The van der Waals surface area contributed by atoms with Gasteiger partial charge in [0.15, 0.2) is 0 Å². The molecule has 2 aromatic rings. The number of H-pyrrole nitrogens is 1. The number of hydrogen-bond donors (Lipinski definition) is 7. The zero-order chi connectivity index (χ0) is 24.2. The Hall–Kier alpha value is -4.42. The van der Waals surface area contributed by atoms with Crippen LogP contribution in [0.2, 0.25) is 0 Å². The number of aromatic nitrogens is 1. The Kier molecular flexibility index (Phi) is 9.36. The van der Waals surface area contributed by atoms with Gasteiger partial charge in [-0.3, -0.25) is 28.8 Å². The number of para-hydroxylation sites is 1. The maximum atomic E-state index is 12.5. The molecule has 13 nitrogen and oxygen atoms in total. The normalized spacial score (nSPS) is 11.2. The van der Waals surface area contributed by atoms with Crippen LogP contribution in [0.3, 0.4) is 0 Å². The number of aromatic amines is 1. The summed E-state index contributed by atoms with van der Waals surface area (Å²) in [6.07, 6.45) is 2.11. The van der Waals surface area contributed by atoms with Gasteiger partial charge in [0.05, 0.1) is 19.6 Å². The van der Waals surface area contributed by atoms with Gasteiger partial charge in [-0.25, -0.2) is 0 Å². The van der Waals surface area contributed by atoms with E-state index in [9.17, 15) is 28.8 Å². The highest BCUT2D eigenvalue weighted by Crippen LogP contribution is 2.19. The van der Waals surface area contributed by atoms with E-state index in [1.165, 1.54) is 0 Å². The molecule has 1 heterocycles. The average Bonchev–Trinajstić information content (AvgIpc) is 3.20. The van der Waals surface area contributed by atoms with Crippen LogP contribution in [0.5, 0.6) is 0 Å². The van der Waals surface area contributed by atoms with Gasteiger partial charge in [-0.2, -0.15) is 0 Å². The standard InChI is InChI=1S/C20H24N6O7/c27-11-21-7-16(28)23-8-17(29)24-9-18(30)26-15(20(33)25-10-19(31)32)5-12-6-22-14-4-2-1-3-13(12)14/h1-4,6,11,15,22H,5,7-10H2,(H,21,27)(H,23,28)(H,24,29)(H,25,33)(H,26,30)(H,31,32). The number of benzene rings is 1. The molecule has 0 aliphatic heterocycles. The van der Waals surface area contributed by atoms with Gasteiger partial charge in [-0.1, -0.05) is 18.2 Å². The zero-order valence-corrected chi connectivity index (χ0v) is 17.5. The average molecular weight is 460 g/mol. The summed E-state index contributed by atoms with van der Waals surface area (Å²) in [7, 11) is 0. The Morgan fingerprint density at radius 1 is 0.909 bits per heavy atom. The molecular formula is C20H24N6O7. The zero-order valence-electron chi connectivity index (χ0n) is 17.5. The van der Waals surface area contributed by atoms with Gasteiger partial charge in [0.1, 0.15) is 12.6 Å². The molecule has 0 spiro atoms. The monoisotopic (exact) mass is 460 g/mol. The Labute approximate surface area is 187 Å². The fourth-order valence-corrected chi connectivity index (χ4v) is 2.88. The SMILES string of the molecule is O=CNCC(=O)NCC(=O)NCC(=O)NC(Cc1c[nH]c2ccccc12)C(=O)NCC(=O)O. The molecule has 7 N–H and O–H groups in total. The summed E-state index contributed by atoms with van der Waals surface area (Å²) < 4.78 is 0. The molecule has 13 heteroatoms. The molecular weight excluding hydrogens is 436 g/mol. The largest absolute Gasteiger partial charge is 0.480 e. The maximum Gasteiger partial charge on any atom is 0.322 e. The molecule has 1 aromatic carbocycles. The molecule has 33 heavy (non-hydrogen) atoms. The topological polar surface area (TPSA) is 199 Å². The van der Waals surface area contributed by atoms with E-state index in [1.54, 1.807) is 6.20 Å². The van der Waals surface area contributed by atoms with E-state index in [4.69, 9.17) is 5.11 Å². The summed E-state index contributed by atoms with van der Waals surface area (Å²) in [6, 6.07) is 6.25. The Balaban J connectivity index is 1.94. The number of carboxylic acids is 1. The summed E-state index contributed by atoms with van der Waals surface area (Å²) >= 11 is 0. The molecule has 0 bridgehead atoms. The van der Waals surface area contributed by atoms with Crippen LogP contribution in [0.1, 0.15) is 5.56 Å². The van der Waals surface area contributed by atoms with Gasteiger partial charge in [-0.15, -0.1) is 0 Å². The third-order valence-corrected chi connectivity index (χ3v) is 4.40. The van der Waals surface area contributed by atoms with Crippen LogP contribution in [0.15, 0.2) is 30.5 Å². The molecule has 2 rings (SSSR count). The third kappa shape index (κ3) is 8.32. The second-order valence-corrected chi connectivity index (χ2v) is 6.85. The molecule has 0 aliphatic rings. The minimum atomic E-state index is -1.24. The molecule has 0 aliphatic carbocycles. The minimum absolute atomic E-state index is 0.0783. The third-order valence-electron chi connectivity index (χ3n) is 4.40. The summed E-state index contributed by atoms with van der Waals surface area (Å²) in [4.78, 5) is 71.9. The van der Waals surface area contributed by atoms with E-state index >= 15 is 0 Å². The number of nitrogens with one attached hydrogen (secondary N) is 6. The fourth-order valence-electron chi connectivity index (χ4n) is 2.88. The summed E-state index contributed by atoms with van der Waals surface area (Å²) in [5, 5.41) is 21.0. The predicted octanol–water partition coefficient (Wildman–Crippen LogP) is -2.63. The van der Waals surface area contributed by atoms with E-state index in [0.717, 1.165) is 16.5 Å². The van der Waals surface area contributed by atoms with E-state index in [1.807, 2.05) is 24.3 Å². The van der Waals surface area contributed by atoms with E-state index in [2.05, 4.69) is 31.6 Å². The fraction of sp³-hybridized carbons (Fsp3) is 0.300. The molecule has 0 saturated heterocycles. The maximum absolute atomic E-state index is 12.5. The van der Waals surface area contributed by atoms with Crippen molar-refractivity contribution in [3.63, 3.8) is 0 Å². The summed E-state index contributed by atoms with van der Waals surface area (Å²) in [6.45, 7) is -1.80. The Morgan fingerprint density at radius 2 is 1.58 bits per heavy atom. The van der Waals surface area contributed by atoms with Crippen molar-refractivity contribution < 1.29 is 33.9 Å². The summed E-state index contributed by atoms with van der Waals surface area (Å²) in [5.41, 5.74) is 1.57. The first-order valence-corrected chi connectivity index (χ1v) is 9.84. The van der Waals surface area contributed by atoms with E-state index in [-0.39, 0.29) is 13.0 Å². The van der Waals surface area contributed by atoms with Crippen LogP contribution in [0, 0.1) is 0 Å². The second kappa shape index (κ2) is 12.4. The number of amides is 5. The molecule has 1 unspecified atom stereocenters. The van der Waals surface area contributed by atoms with Gasteiger partial charge in [0.25, 0.3) is 0 Å². The lowest BCUT2D eigenvalue weighted by molar-refractivity contribution is -0.138. The number of carbonyl (C=O) groups excluding carboxylic acids is 5. The molecule has 176 valence electrons. The summed E-state index contributed by atoms with van der Waals surface area (Å²) in [5.74, 6) is -3.87. The number of aliphatic carboxylic acids is 1. The van der Waals surface area contributed by atoms with Crippen molar-refractivity contribution in [1.82, 2.24) is 31.6 Å². The Morgan fingerprint density at radius 3 is 2.27 bits per heavy atom. The highest BCUT2D eigenvalue weighted by molar-refractivity contribution is 5.93. The molecule has 0 radical (unpaired) electrons. The lowest BCUT2D eigenvalue weighted by Gasteiger charge is -2.18. The van der Waals surface area contributed by atoms with Crippen molar-refractivity contribution in [3.8, 4) is 0 Å². The highest BCUT2D eigenvalue weighted by atomic mass is 16.4. The van der Waals surface area contributed by atoms with Crippen LogP contribution in [0.4, 0.5) is 0 Å². The minimum Gasteiger partial charge on any atom is -0.480 e. The number of carbonyl (C=O) groups is 6. The van der Waals surface area contributed by atoms with Crippen molar-refractivity contribution >= 4 is 46.9 Å². The first-order chi connectivity index (χ1) is 15.8. The van der Waals surface area contributed by atoms with Gasteiger partial charge in [-0.05, 0) is 11.6 Å². The van der Waals surface area contributed by atoms with Crippen molar-refractivity contribution in [3.05, 3.63) is 36.0 Å². The molecule has 5 amide bonds.